The van der Waals surface area contributed by atoms with E-state index in [0.29, 0.717) is 0 Å². The van der Waals surface area contributed by atoms with Crippen molar-refractivity contribution in [2.45, 2.75) is 72.2 Å². The predicted octanol–water partition coefficient (Wildman–Crippen LogP) is 4.53. The Hall–Kier alpha value is -1.79. The molecule has 0 unspecified atom stereocenters. The van der Waals surface area contributed by atoms with Gasteiger partial charge in [0.2, 0.25) is 0 Å². The van der Waals surface area contributed by atoms with Crippen molar-refractivity contribution in [3.8, 4) is 0 Å². The van der Waals surface area contributed by atoms with E-state index in [1.165, 1.54) is 5.56 Å². The number of hydrogen-bond donors (Lipinski definition) is 1. The van der Waals surface area contributed by atoms with Crippen LogP contribution in [0.25, 0.3) is 6.08 Å². The molecular weight excluding hydrogens is 341 g/mol. The van der Waals surface area contributed by atoms with Crippen LogP contribution in [0.4, 0.5) is 4.79 Å². The normalized spacial score (nSPS) is 19.1. The number of rotatable bonds is 4. The van der Waals surface area contributed by atoms with Crippen molar-refractivity contribution in [3.05, 3.63) is 40.9 Å². The lowest BCUT2D eigenvalue weighted by molar-refractivity contribution is 0.00578. The third-order valence-corrected chi connectivity index (χ3v) is 4.82. The van der Waals surface area contributed by atoms with Crippen LogP contribution in [0.5, 0.6) is 0 Å². The molecule has 1 amide bonds. The summed E-state index contributed by atoms with van der Waals surface area (Å²) in [7, 11) is -0.536. The van der Waals surface area contributed by atoms with Gasteiger partial charge in [0.05, 0.1) is 11.2 Å². The molecule has 0 bridgehead atoms. The molecule has 2 rings (SSSR count). The van der Waals surface area contributed by atoms with Gasteiger partial charge in [-0.3, -0.25) is 0 Å². The van der Waals surface area contributed by atoms with Gasteiger partial charge in [-0.05, 0) is 66.4 Å². The lowest BCUT2D eigenvalue weighted by atomic mass is 9.77. The smallest absolute Gasteiger partial charge is 0.444 e. The minimum absolute atomic E-state index is 0.277. The molecule has 1 N–H and O–H groups in total. The average Bonchev–Trinajstić information content (AvgIpc) is 2.72. The number of carbonyl (C=O) groups excluding carboxylic acids is 1. The summed E-state index contributed by atoms with van der Waals surface area (Å²) >= 11 is 0. The monoisotopic (exact) mass is 373 g/mol. The SMILES string of the molecule is Cc1ccc(C=C(CNC(=O)OC(C)(C)C)B2OC(C)(C)C(C)(C)O2)cc1. The molecule has 1 saturated heterocycles. The fraction of sp³-hybridized carbons (Fsp3) is 0.571. The molecule has 27 heavy (non-hydrogen) atoms. The second kappa shape index (κ2) is 7.68. The van der Waals surface area contributed by atoms with Crippen LogP contribution in [0.2, 0.25) is 0 Å². The Bertz CT molecular complexity index is 686. The van der Waals surface area contributed by atoms with Gasteiger partial charge in [0.25, 0.3) is 0 Å². The number of amides is 1. The van der Waals surface area contributed by atoms with E-state index in [-0.39, 0.29) is 6.54 Å². The molecule has 1 fully saturated rings. The predicted molar refractivity (Wildman–Crippen MR) is 109 cm³/mol. The lowest BCUT2D eigenvalue weighted by Crippen LogP contribution is -2.41. The maximum atomic E-state index is 12.1. The fourth-order valence-corrected chi connectivity index (χ4v) is 2.56. The average molecular weight is 373 g/mol. The van der Waals surface area contributed by atoms with Crippen molar-refractivity contribution in [1.82, 2.24) is 5.32 Å². The van der Waals surface area contributed by atoms with Gasteiger partial charge in [-0.2, -0.15) is 0 Å². The van der Waals surface area contributed by atoms with Gasteiger partial charge < -0.3 is 19.4 Å². The molecule has 1 aromatic rings. The van der Waals surface area contributed by atoms with E-state index in [1.54, 1.807) is 0 Å². The molecule has 148 valence electrons. The minimum Gasteiger partial charge on any atom is -0.444 e. The molecular formula is C21H32BNO4. The highest BCUT2D eigenvalue weighted by atomic mass is 16.7. The van der Waals surface area contributed by atoms with Gasteiger partial charge in [0.1, 0.15) is 5.60 Å². The molecule has 6 heteroatoms. The van der Waals surface area contributed by atoms with Gasteiger partial charge in [0, 0.05) is 6.54 Å². The molecule has 0 radical (unpaired) electrons. The zero-order chi connectivity index (χ0) is 20.5. The minimum atomic E-state index is -0.546. The van der Waals surface area contributed by atoms with E-state index in [0.717, 1.165) is 11.0 Å². The van der Waals surface area contributed by atoms with Crippen LogP contribution in [-0.4, -0.2) is 36.6 Å². The maximum Gasteiger partial charge on any atom is 0.492 e. The Labute approximate surface area is 163 Å². The summed E-state index contributed by atoms with van der Waals surface area (Å²) in [6.07, 6.45) is 1.53. The van der Waals surface area contributed by atoms with Crippen molar-refractivity contribution in [1.29, 1.82) is 0 Å². The number of carbonyl (C=O) groups is 1. The highest BCUT2D eigenvalue weighted by Gasteiger charge is 2.52. The molecule has 0 saturated carbocycles. The summed E-state index contributed by atoms with van der Waals surface area (Å²) in [4.78, 5) is 12.1. The van der Waals surface area contributed by atoms with Crippen LogP contribution < -0.4 is 5.32 Å². The molecule has 0 atom stereocenters. The molecule has 1 aromatic carbocycles. The summed E-state index contributed by atoms with van der Waals surface area (Å²) in [5.74, 6) is 0. The van der Waals surface area contributed by atoms with Crippen LogP contribution in [0.3, 0.4) is 0 Å². The summed E-state index contributed by atoms with van der Waals surface area (Å²) in [6.45, 7) is 15.9. The first-order valence-electron chi connectivity index (χ1n) is 9.39. The van der Waals surface area contributed by atoms with Crippen LogP contribution in [0, 0.1) is 6.92 Å². The summed E-state index contributed by atoms with van der Waals surface area (Å²) in [5, 5.41) is 2.81. The zero-order valence-electron chi connectivity index (χ0n) is 17.8. The lowest BCUT2D eigenvalue weighted by Gasteiger charge is -2.32. The Balaban J connectivity index is 2.22. The highest BCUT2D eigenvalue weighted by Crippen LogP contribution is 2.38. The first-order chi connectivity index (χ1) is 12.3. The highest BCUT2D eigenvalue weighted by molar-refractivity contribution is 6.56. The molecule has 0 aromatic heterocycles. The Morgan fingerprint density at radius 1 is 1.11 bits per heavy atom. The maximum absolute atomic E-state index is 12.1. The van der Waals surface area contributed by atoms with Gasteiger partial charge in [-0.1, -0.05) is 35.9 Å². The van der Waals surface area contributed by atoms with Gasteiger partial charge >= 0.3 is 13.2 Å². The number of benzene rings is 1. The van der Waals surface area contributed by atoms with Gasteiger partial charge in [-0.25, -0.2) is 4.79 Å². The van der Waals surface area contributed by atoms with E-state index in [9.17, 15) is 4.79 Å². The molecule has 5 nitrogen and oxygen atoms in total. The summed E-state index contributed by atoms with van der Waals surface area (Å²) in [6, 6.07) is 8.17. The van der Waals surface area contributed by atoms with Crippen LogP contribution in [0.15, 0.2) is 29.7 Å². The Kier molecular flexibility index (Phi) is 6.12. The van der Waals surface area contributed by atoms with Crippen LogP contribution in [-0.2, 0) is 14.0 Å². The van der Waals surface area contributed by atoms with Crippen molar-refractivity contribution in [2.75, 3.05) is 6.54 Å². The van der Waals surface area contributed by atoms with E-state index < -0.39 is 30.0 Å². The molecule has 1 aliphatic rings. The number of ether oxygens (including phenoxy) is 1. The second-order valence-corrected chi connectivity index (χ2v) is 9.07. The van der Waals surface area contributed by atoms with E-state index >= 15 is 0 Å². The van der Waals surface area contributed by atoms with Crippen molar-refractivity contribution >= 4 is 19.3 Å². The van der Waals surface area contributed by atoms with E-state index in [4.69, 9.17) is 14.0 Å². The van der Waals surface area contributed by atoms with E-state index in [2.05, 4.69) is 17.4 Å². The van der Waals surface area contributed by atoms with Crippen LogP contribution in [0.1, 0.15) is 59.6 Å². The van der Waals surface area contributed by atoms with Gasteiger partial charge in [-0.15, -0.1) is 0 Å². The largest absolute Gasteiger partial charge is 0.492 e. The molecule has 0 aliphatic carbocycles. The Morgan fingerprint density at radius 3 is 2.11 bits per heavy atom. The number of nitrogens with one attached hydrogen (secondary N) is 1. The standard InChI is InChI=1S/C21H32BNO4/c1-15-9-11-16(12-10-15)13-17(14-23-18(24)25-19(2,3)4)22-26-20(5,6)21(7,8)27-22/h9-13H,14H2,1-8H3,(H,23,24). The molecule has 1 aliphatic heterocycles. The first-order valence-corrected chi connectivity index (χ1v) is 9.39. The first kappa shape index (κ1) is 21.5. The summed E-state index contributed by atoms with van der Waals surface area (Å²) in [5.41, 5.74) is 1.61. The van der Waals surface area contributed by atoms with Crippen LogP contribution >= 0.6 is 0 Å². The molecule has 0 spiro atoms. The Morgan fingerprint density at radius 2 is 1.63 bits per heavy atom. The van der Waals surface area contributed by atoms with Gasteiger partial charge in [0.15, 0.2) is 0 Å². The number of hydrogen-bond acceptors (Lipinski definition) is 4. The third kappa shape index (κ3) is 5.85. The number of aryl methyl sites for hydroxylation is 1. The quantitative estimate of drug-likeness (QED) is 0.788. The third-order valence-electron chi connectivity index (χ3n) is 4.82. The molecule has 1 heterocycles. The topological polar surface area (TPSA) is 56.8 Å². The van der Waals surface area contributed by atoms with E-state index in [1.807, 2.05) is 73.6 Å². The number of alkyl carbamates (subject to hydrolysis) is 1. The fourth-order valence-electron chi connectivity index (χ4n) is 2.56. The van der Waals surface area contributed by atoms with Crippen molar-refractivity contribution in [2.24, 2.45) is 0 Å². The van der Waals surface area contributed by atoms with Crippen molar-refractivity contribution < 1.29 is 18.8 Å². The summed E-state index contributed by atoms with van der Waals surface area (Å²) < 4.78 is 17.7. The second-order valence-electron chi connectivity index (χ2n) is 9.07. The zero-order valence-corrected chi connectivity index (χ0v) is 17.8. The van der Waals surface area contributed by atoms with Crippen molar-refractivity contribution in [3.63, 3.8) is 0 Å².